The molecule has 0 aliphatic carbocycles. The van der Waals surface area contributed by atoms with Gasteiger partial charge in [0.2, 0.25) is 0 Å². The van der Waals surface area contributed by atoms with E-state index in [-0.39, 0.29) is 0 Å². The van der Waals surface area contributed by atoms with E-state index in [1.165, 1.54) is 0 Å². The van der Waals surface area contributed by atoms with Crippen LogP contribution in [0.4, 0.5) is 0 Å². The van der Waals surface area contributed by atoms with Crippen LogP contribution < -0.4 is 10.6 Å². The van der Waals surface area contributed by atoms with Gasteiger partial charge < -0.3 is 0 Å². The fourth-order valence-electron chi connectivity index (χ4n) is 1.21. The Morgan fingerprint density at radius 2 is 2.17 bits per heavy atom. The van der Waals surface area contributed by atoms with Gasteiger partial charge in [0.15, 0.2) is 9.83 Å². The number of carbonyl (C=O) groups excluding carboxylic acids is 1. The highest BCUT2D eigenvalue weighted by molar-refractivity contribution is 14.1. The van der Waals surface area contributed by atoms with Crippen molar-refractivity contribution in [3.05, 3.63) is 34.8 Å². The smallest absolute Gasteiger partial charge is 0.186 e. The van der Waals surface area contributed by atoms with E-state index in [4.69, 9.17) is 0 Å². The van der Waals surface area contributed by atoms with E-state index in [1.807, 2.05) is 52.9 Å². The van der Waals surface area contributed by atoms with Gasteiger partial charge in [0.25, 0.3) is 0 Å². The number of aldehydes is 1. The number of rotatable bonds is 1. The summed E-state index contributed by atoms with van der Waals surface area (Å²) in [6, 6.07) is 7.74. The second kappa shape index (κ2) is 2.65. The summed E-state index contributed by atoms with van der Waals surface area (Å²) in [6.45, 7) is 0. The Hall–Kier alpha value is -0.710. The first-order valence-electron chi connectivity index (χ1n) is 3.57. The highest BCUT2D eigenvalue weighted by atomic mass is 127. The lowest BCUT2D eigenvalue weighted by molar-refractivity contribution is -0.108. The van der Waals surface area contributed by atoms with Crippen molar-refractivity contribution in [1.82, 2.24) is 0 Å². The van der Waals surface area contributed by atoms with Crippen molar-refractivity contribution in [2.24, 2.45) is 4.99 Å². The molecule has 1 aliphatic rings. The van der Waals surface area contributed by atoms with Gasteiger partial charge in [0.05, 0.1) is 5.36 Å². The van der Waals surface area contributed by atoms with Crippen LogP contribution in [0.1, 0.15) is 0 Å². The molecule has 1 aromatic rings. The molecule has 1 atom stereocenters. The molecule has 0 saturated carbocycles. The third-order valence-electron chi connectivity index (χ3n) is 1.75. The third kappa shape index (κ3) is 1.18. The van der Waals surface area contributed by atoms with Crippen molar-refractivity contribution in [3.63, 3.8) is 0 Å². The minimum atomic E-state index is -0.665. The molecule has 0 bridgehead atoms. The second-order valence-corrected chi connectivity index (χ2v) is 4.39. The topological polar surface area (TPSA) is 29.4 Å². The summed E-state index contributed by atoms with van der Waals surface area (Å²) >= 11 is 2.03. The van der Waals surface area contributed by atoms with Crippen molar-refractivity contribution in [1.29, 1.82) is 0 Å². The van der Waals surface area contributed by atoms with Gasteiger partial charge in [-0.25, -0.2) is 0 Å². The van der Waals surface area contributed by atoms with E-state index in [0.29, 0.717) is 0 Å². The molecule has 60 valence electrons. The lowest BCUT2D eigenvalue weighted by Gasteiger charge is -2.03. The van der Waals surface area contributed by atoms with Crippen LogP contribution in [0.5, 0.6) is 0 Å². The van der Waals surface area contributed by atoms with E-state index in [2.05, 4.69) is 4.99 Å². The Balaban J connectivity index is 2.75. The summed E-state index contributed by atoms with van der Waals surface area (Å²) in [5.41, 5.74) is 0. The number of para-hydroxylation sites is 1. The quantitative estimate of drug-likeness (QED) is 0.315. The molecule has 0 N–H and O–H groups in total. The van der Waals surface area contributed by atoms with E-state index in [9.17, 15) is 4.79 Å². The van der Waals surface area contributed by atoms with Gasteiger partial charge in [0, 0.05) is 0 Å². The van der Waals surface area contributed by atoms with Crippen LogP contribution in [0.2, 0.25) is 0 Å². The number of carbonyl (C=O) groups is 1. The highest BCUT2D eigenvalue weighted by Gasteiger charge is 2.23. The summed E-state index contributed by atoms with van der Waals surface area (Å²) in [7, 11) is 0. The maximum atomic E-state index is 10.7. The Morgan fingerprint density at radius 1 is 1.42 bits per heavy atom. The molecular formula is C9H6INO. The van der Waals surface area contributed by atoms with E-state index in [1.54, 1.807) is 0 Å². The number of fused-ring (bicyclic) bond motifs is 1. The molecule has 0 saturated heterocycles. The standard InChI is InChI=1S/C9H6INO/c10-9(6-12)5-7-3-1-2-4-8(7)11-9/h1-6H. The predicted octanol–water partition coefficient (Wildman–Crippen LogP) is 0.430. The van der Waals surface area contributed by atoms with Gasteiger partial charge in [-0.15, -0.1) is 0 Å². The Morgan fingerprint density at radius 3 is 2.83 bits per heavy atom. The minimum Gasteiger partial charge on any atom is -0.299 e. The molecule has 2 nitrogen and oxygen atoms in total. The number of benzene rings is 1. The van der Waals surface area contributed by atoms with Gasteiger partial charge in [-0.3, -0.25) is 9.79 Å². The van der Waals surface area contributed by atoms with Gasteiger partial charge in [0.1, 0.15) is 0 Å². The maximum absolute atomic E-state index is 10.7. The lowest BCUT2D eigenvalue weighted by Crippen LogP contribution is -2.19. The molecule has 1 heterocycles. The van der Waals surface area contributed by atoms with Crippen LogP contribution >= 0.6 is 22.6 Å². The normalized spacial score (nSPS) is 25.4. The van der Waals surface area contributed by atoms with Crippen LogP contribution in [-0.4, -0.2) is 9.83 Å². The van der Waals surface area contributed by atoms with Gasteiger partial charge in [-0.05, 0) is 40.0 Å². The average molecular weight is 271 g/mol. The Bertz CT molecular complexity index is 403. The molecule has 0 amide bonds. The molecule has 1 unspecified atom stereocenters. The summed E-state index contributed by atoms with van der Waals surface area (Å²) in [6.07, 6.45) is 2.73. The first-order chi connectivity index (χ1) is 5.73. The number of halogens is 1. The van der Waals surface area contributed by atoms with Crippen molar-refractivity contribution in [2.45, 2.75) is 3.55 Å². The largest absolute Gasteiger partial charge is 0.299 e. The summed E-state index contributed by atoms with van der Waals surface area (Å²) in [5, 5.41) is 1.94. The zero-order valence-electron chi connectivity index (χ0n) is 6.20. The van der Waals surface area contributed by atoms with Crippen molar-refractivity contribution in [3.8, 4) is 0 Å². The number of nitrogens with zero attached hydrogens (tertiary/aromatic N) is 1. The molecule has 12 heavy (non-hydrogen) atoms. The maximum Gasteiger partial charge on any atom is 0.186 e. The van der Waals surface area contributed by atoms with E-state index in [0.717, 1.165) is 16.9 Å². The zero-order valence-corrected chi connectivity index (χ0v) is 8.36. The monoisotopic (exact) mass is 271 g/mol. The SMILES string of the molecule is O=CC1(I)C=c2ccccc2=N1. The summed E-state index contributed by atoms with van der Waals surface area (Å²) < 4.78 is -0.665. The average Bonchev–Trinajstić information content (AvgIpc) is 2.42. The van der Waals surface area contributed by atoms with Crippen LogP contribution in [0, 0.1) is 0 Å². The second-order valence-electron chi connectivity index (χ2n) is 2.66. The fraction of sp³-hybridized carbons (Fsp3) is 0.111. The lowest BCUT2D eigenvalue weighted by atomic mass is 10.2. The van der Waals surface area contributed by atoms with Gasteiger partial charge in [-0.1, -0.05) is 18.2 Å². The van der Waals surface area contributed by atoms with E-state index < -0.39 is 3.55 Å². The number of alkyl halides is 1. The van der Waals surface area contributed by atoms with Crippen LogP contribution in [-0.2, 0) is 4.79 Å². The Labute approximate surface area is 83.1 Å². The molecule has 0 fully saturated rings. The predicted molar refractivity (Wildman–Crippen MR) is 54.5 cm³/mol. The van der Waals surface area contributed by atoms with Crippen LogP contribution in [0.25, 0.3) is 6.08 Å². The van der Waals surface area contributed by atoms with E-state index >= 15 is 0 Å². The van der Waals surface area contributed by atoms with Crippen LogP contribution in [0.15, 0.2) is 29.3 Å². The molecule has 0 radical (unpaired) electrons. The summed E-state index contributed by atoms with van der Waals surface area (Å²) in [4.78, 5) is 14.9. The molecule has 1 aromatic carbocycles. The minimum absolute atomic E-state index is 0.665. The molecule has 0 aromatic heterocycles. The number of hydrogen-bond acceptors (Lipinski definition) is 2. The first-order valence-corrected chi connectivity index (χ1v) is 4.64. The molecule has 2 rings (SSSR count). The first kappa shape index (κ1) is 7.91. The van der Waals surface area contributed by atoms with Crippen molar-refractivity contribution in [2.75, 3.05) is 0 Å². The highest BCUT2D eigenvalue weighted by Crippen LogP contribution is 2.20. The number of hydrogen-bond donors (Lipinski definition) is 0. The zero-order chi connectivity index (χ0) is 8.60. The van der Waals surface area contributed by atoms with Crippen molar-refractivity contribution >= 4 is 35.0 Å². The summed E-state index contributed by atoms with van der Waals surface area (Å²) in [5.74, 6) is 0. The van der Waals surface area contributed by atoms with Gasteiger partial charge in [-0.2, -0.15) is 0 Å². The van der Waals surface area contributed by atoms with Crippen molar-refractivity contribution < 1.29 is 4.79 Å². The molecule has 1 aliphatic heterocycles. The van der Waals surface area contributed by atoms with Gasteiger partial charge >= 0.3 is 0 Å². The third-order valence-corrected chi connectivity index (χ3v) is 2.56. The Kier molecular flexibility index (Phi) is 1.75. The molecule has 0 spiro atoms. The fourth-order valence-corrected chi connectivity index (χ4v) is 1.80. The molecule has 3 heteroatoms. The molecular weight excluding hydrogens is 265 g/mol. The van der Waals surface area contributed by atoms with Crippen LogP contribution in [0.3, 0.4) is 0 Å².